The quantitative estimate of drug-likeness (QED) is 0.167. The largest absolute Gasteiger partial charge is 0.228 e. The first-order valence-corrected chi connectivity index (χ1v) is 23.4. The normalized spacial score (nSPS) is 14.4. The van der Waals surface area contributed by atoms with Gasteiger partial charge in [-0.15, -0.1) is 22.7 Å². The number of hydrogen-bond acceptors (Lipinski definition) is 4. The van der Waals surface area contributed by atoms with Crippen molar-refractivity contribution in [2.45, 2.75) is 12.3 Å². The highest BCUT2D eigenvalue weighted by Crippen LogP contribution is 2.53. The Hall–Kier alpha value is -7.50. The highest BCUT2D eigenvalue weighted by Gasteiger charge is 2.40. The third-order valence-electron chi connectivity index (χ3n) is 13.4. The zero-order chi connectivity index (χ0) is 42.4. The molecule has 300 valence electrons. The minimum atomic E-state index is -0.329. The summed E-state index contributed by atoms with van der Waals surface area (Å²) in [6.45, 7) is 2.37. The maximum atomic E-state index is 5.46. The van der Waals surface area contributed by atoms with Crippen molar-refractivity contribution >= 4 is 63.0 Å². The van der Waals surface area contributed by atoms with Crippen LogP contribution < -0.4 is 0 Å². The zero-order valence-electron chi connectivity index (χ0n) is 34.9. The van der Waals surface area contributed by atoms with Crippen molar-refractivity contribution in [1.82, 2.24) is 9.97 Å². The first-order chi connectivity index (χ1) is 31.6. The molecule has 12 aromatic rings. The highest BCUT2D eigenvalue weighted by atomic mass is 32.1. The summed E-state index contributed by atoms with van der Waals surface area (Å²) in [5, 5.41) is 5.16. The molecule has 1 atom stereocenters. The van der Waals surface area contributed by atoms with Gasteiger partial charge in [0.15, 0.2) is 5.82 Å². The lowest BCUT2D eigenvalue weighted by atomic mass is 9.74. The molecule has 0 N–H and O–H groups in total. The number of thiophene rings is 2. The van der Waals surface area contributed by atoms with E-state index in [9.17, 15) is 0 Å². The number of benzene rings is 9. The highest BCUT2D eigenvalue weighted by molar-refractivity contribution is 7.26. The average molecular weight is 851 g/mol. The van der Waals surface area contributed by atoms with E-state index in [0.29, 0.717) is 5.82 Å². The Bertz CT molecular complexity index is 3810. The fourth-order valence-corrected chi connectivity index (χ4v) is 12.7. The predicted octanol–water partition coefficient (Wildman–Crippen LogP) is 16.9. The summed E-state index contributed by atoms with van der Waals surface area (Å²) in [5.74, 6) is 0.702. The van der Waals surface area contributed by atoms with Crippen LogP contribution >= 0.6 is 22.7 Å². The smallest absolute Gasteiger partial charge is 0.160 e. The Labute approximate surface area is 379 Å². The molecule has 1 unspecified atom stereocenters. The van der Waals surface area contributed by atoms with Gasteiger partial charge in [-0.3, -0.25) is 0 Å². The third kappa shape index (κ3) is 5.70. The molecule has 0 bridgehead atoms. The van der Waals surface area contributed by atoms with Gasteiger partial charge in [-0.2, -0.15) is 0 Å². The SMILES string of the molecule is CC1(c2ccccc2)c2ccccc2-c2ccc(-c3cc(-c4ccc(-c5cccc6c5sc5ccccc56)cc4-c4cccc5c4sc4ccccc45)nc(-c4ccccc4)n3)cc21. The van der Waals surface area contributed by atoms with E-state index in [0.717, 1.165) is 33.6 Å². The molecule has 3 heterocycles. The molecule has 0 radical (unpaired) electrons. The molecule has 0 amide bonds. The van der Waals surface area contributed by atoms with Gasteiger partial charge in [0.2, 0.25) is 0 Å². The number of nitrogens with zero attached hydrogens (tertiary/aromatic N) is 2. The lowest BCUT2D eigenvalue weighted by Gasteiger charge is -2.28. The van der Waals surface area contributed by atoms with Crippen molar-refractivity contribution in [3.05, 3.63) is 229 Å². The summed E-state index contributed by atoms with van der Waals surface area (Å²) in [7, 11) is 0. The molecule has 1 aliphatic rings. The molecule has 0 fully saturated rings. The molecule has 1 aliphatic carbocycles. The second-order valence-electron chi connectivity index (χ2n) is 16.9. The van der Waals surface area contributed by atoms with Gasteiger partial charge < -0.3 is 0 Å². The molecule has 0 aliphatic heterocycles. The van der Waals surface area contributed by atoms with Gasteiger partial charge in [0.25, 0.3) is 0 Å². The van der Waals surface area contributed by atoms with Crippen molar-refractivity contribution in [1.29, 1.82) is 0 Å². The topological polar surface area (TPSA) is 25.8 Å². The van der Waals surface area contributed by atoms with Crippen LogP contribution in [0.25, 0.3) is 108 Å². The van der Waals surface area contributed by atoms with Crippen molar-refractivity contribution in [3.8, 4) is 67.3 Å². The van der Waals surface area contributed by atoms with Crippen molar-refractivity contribution in [3.63, 3.8) is 0 Å². The van der Waals surface area contributed by atoms with E-state index in [1.807, 2.05) is 22.7 Å². The monoisotopic (exact) mass is 850 g/mol. The Balaban J connectivity index is 1.06. The maximum Gasteiger partial charge on any atom is 0.160 e. The molecule has 3 aromatic heterocycles. The molecule has 13 rings (SSSR count). The van der Waals surface area contributed by atoms with Gasteiger partial charge in [-0.1, -0.05) is 182 Å². The average Bonchev–Trinajstić information content (AvgIpc) is 4.03. The lowest BCUT2D eigenvalue weighted by Crippen LogP contribution is -2.22. The van der Waals surface area contributed by atoms with E-state index >= 15 is 0 Å². The van der Waals surface area contributed by atoms with E-state index in [2.05, 4.69) is 219 Å². The summed E-state index contributed by atoms with van der Waals surface area (Å²) in [4.78, 5) is 10.9. The molecule has 0 spiro atoms. The van der Waals surface area contributed by atoms with Gasteiger partial charge >= 0.3 is 0 Å². The fourth-order valence-electron chi connectivity index (χ4n) is 10.3. The standard InChI is InChI=1S/C60H38N2S2/c1-60(40-18-6-3-7-19-40)51-27-11-8-20-42(51)43-32-31-39(35-52(43)60)53-36-54(62-59(61-53)37-16-4-2-5-17-37)44-33-30-38(41-23-14-24-47-45-21-9-12-28-55(45)63-57(41)47)34-50(44)49-26-15-25-48-46-22-10-13-29-56(46)64-58(48)49/h2-36H,1H3. The van der Waals surface area contributed by atoms with Crippen LogP contribution in [0.1, 0.15) is 23.6 Å². The van der Waals surface area contributed by atoms with Crippen LogP contribution in [0.5, 0.6) is 0 Å². The molecule has 0 saturated carbocycles. The van der Waals surface area contributed by atoms with Gasteiger partial charge in [-0.25, -0.2) is 9.97 Å². The Morgan fingerprint density at radius 3 is 1.64 bits per heavy atom. The maximum absolute atomic E-state index is 5.46. The second kappa shape index (κ2) is 14.5. The van der Waals surface area contributed by atoms with Crippen molar-refractivity contribution in [2.75, 3.05) is 0 Å². The first kappa shape index (κ1) is 37.1. The molecular weight excluding hydrogens is 813 g/mol. The first-order valence-electron chi connectivity index (χ1n) is 21.8. The predicted molar refractivity (Wildman–Crippen MR) is 272 cm³/mol. The Morgan fingerprint density at radius 2 is 0.891 bits per heavy atom. The van der Waals surface area contributed by atoms with Crippen LogP contribution in [0.2, 0.25) is 0 Å². The van der Waals surface area contributed by atoms with Crippen molar-refractivity contribution in [2.24, 2.45) is 0 Å². The zero-order valence-corrected chi connectivity index (χ0v) is 36.6. The number of rotatable bonds is 6. The molecule has 9 aromatic carbocycles. The molecule has 64 heavy (non-hydrogen) atoms. The second-order valence-corrected chi connectivity index (χ2v) is 19.1. The Morgan fingerprint density at radius 1 is 0.344 bits per heavy atom. The van der Waals surface area contributed by atoms with Gasteiger partial charge in [0.1, 0.15) is 0 Å². The minimum Gasteiger partial charge on any atom is -0.228 e. The van der Waals surface area contributed by atoms with Crippen molar-refractivity contribution < 1.29 is 0 Å². The van der Waals surface area contributed by atoms with Crippen LogP contribution in [0.15, 0.2) is 212 Å². The summed E-state index contributed by atoms with van der Waals surface area (Å²) in [5.41, 5.74) is 15.8. The number of aromatic nitrogens is 2. The fraction of sp³-hybridized carbons (Fsp3) is 0.0333. The van der Waals surface area contributed by atoms with E-state index < -0.39 is 0 Å². The molecule has 2 nitrogen and oxygen atoms in total. The summed E-state index contributed by atoms with van der Waals surface area (Å²) in [6.07, 6.45) is 0. The van der Waals surface area contributed by atoms with Crippen LogP contribution in [0.4, 0.5) is 0 Å². The van der Waals surface area contributed by atoms with E-state index in [4.69, 9.17) is 9.97 Å². The number of hydrogen-bond donors (Lipinski definition) is 0. The van der Waals surface area contributed by atoms with Gasteiger partial charge in [-0.05, 0) is 81.8 Å². The van der Waals surface area contributed by atoms with Crippen LogP contribution in [-0.4, -0.2) is 9.97 Å². The van der Waals surface area contributed by atoms with E-state index in [1.54, 1.807) is 0 Å². The van der Waals surface area contributed by atoms with Crippen LogP contribution in [-0.2, 0) is 5.41 Å². The summed E-state index contributed by atoms with van der Waals surface area (Å²) >= 11 is 3.74. The van der Waals surface area contributed by atoms with Crippen LogP contribution in [0, 0.1) is 0 Å². The molecular formula is C60H38N2S2. The molecule has 4 heteroatoms. The van der Waals surface area contributed by atoms with Crippen LogP contribution in [0.3, 0.4) is 0 Å². The molecule has 0 saturated heterocycles. The van der Waals surface area contributed by atoms with E-state index in [-0.39, 0.29) is 5.41 Å². The summed E-state index contributed by atoms with van der Waals surface area (Å²) < 4.78 is 5.17. The minimum absolute atomic E-state index is 0.329. The van der Waals surface area contributed by atoms with E-state index in [1.165, 1.54) is 84.9 Å². The number of fused-ring (bicyclic) bond motifs is 9. The van der Waals surface area contributed by atoms with Gasteiger partial charge in [0, 0.05) is 68.0 Å². The Kier molecular flexibility index (Phi) is 8.42. The lowest BCUT2D eigenvalue weighted by molar-refractivity contribution is 0.714. The summed E-state index contributed by atoms with van der Waals surface area (Å²) in [6, 6.07) is 77.5. The van der Waals surface area contributed by atoms with Gasteiger partial charge in [0.05, 0.1) is 11.4 Å². The third-order valence-corrected chi connectivity index (χ3v) is 15.9.